The number of carbonyl (C=O) groups excluding carboxylic acids is 1. The number of rotatable bonds is 6. The first-order valence-corrected chi connectivity index (χ1v) is 6.62. The fraction of sp³-hybridized carbons (Fsp3) is 0.462. The van der Waals surface area contributed by atoms with E-state index in [1.54, 1.807) is 0 Å². The zero-order valence-electron chi connectivity index (χ0n) is 10.7. The highest BCUT2D eigenvalue weighted by molar-refractivity contribution is 9.10. The highest BCUT2D eigenvalue weighted by Gasteiger charge is 2.08. The largest absolute Gasteiger partial charge is 0.350 e. The molecule has 0 saturated carbocycles. The molecule has 0 saturated heterocycles. The second-order valence-electron chi connectivity index (χ2n) is 4.05. The second kappa shape index (κ2) is 9.36. The van der Waals surface area contributed by atoms with Gasteiger partial charge in [0.05, 0.1) is 6.04 Å². The van der Waals surface area contributed by atoms with Crippen molar-refractivity contribution in [3.8, 4) is 0 Å². The SMILES string of the molecule is CNCCCC(=O)NC(C)c1ccc(Br)cc1.Cl. The number of halogens is 2. The Bertz CT molecular complexity index is 357. The van der Waals surface area contributed by atoms with Gasteiger partial charge in [0, 0.05) is 10.9 Å². The summed E-state index contributed by atoms with van der Waals surface area (Å²) in [5, 5.41) is 6.02. The van der Waals surface area contributed by atoms with Crippen LogP contribution >= 0.6 is 28.3 Å². The van der Waals surface area contributed by atoms with Crippen molar-refractivity contribution in [2.45, 2.75) is 25.8 Å². The molecule has 0 heterocycles. The molecule has 0 aliphatic carbocycles. The average molecular weight is 336 g/mol. The van der Waals surface area contributed by atoms with Crippen molar-refractivity contribution in [3.63, 3.8) is 0 Å². The first-order chi connectivity index (χ1) is 8.13. The molecule has 0 radical (unpaired) electrons. The van der Waals surface area contributed by atoms with Crippen molar-refractivity contribution in [2.75, 3.05) is 13.6 Å². The van der Waals surface area contributed by atoms with Gasteiger partial charge in [-0.2, -0.15) is 0 Å². The molecule has 1 atom stereocenters. The summed E-state index contributed by atoms with van der Waals surface area (Å²) in [6.45, 7) is 2.87. The molecule has 3 nitrogen and oxygen atoms in total. The Balaban J connectivity index is 0.00000289. The fourth-order valence-electron chi connectivity index (χ4n) is 1.57. The van der Waals surface area contributed by atoms with Crippen LogP contribution in [0, 0.1) is 0 Å². The van der Waals surface area contributed by atoms with Gasteiger partial charge in [0.2, 0.25) is 5.91 Å². The van der Waals surface area contributed by atoms with Crippen molar-refractivity contribution in [1.82, 2.24) is 10.6 Å². The van der Waals surface area contributed by atoms with E-state index in [0.29, 0.717) is 6.42 Å². The number of nitrogens with one attached hydrogen (secondary N) is 2. The smallest absolute Gasteiger partial charge is 0.220 e. The van der Waals surface area contributed by atoms with E-state index in [9.17, 15) is 4.79 Å². The molecule has 18 heavy (non-hydrogen) atoms. The molecule has 0 spiro atoms. The lowest BCUT2D eigenvalue weighted by Crippen LogP contribution is -2.27. The molecule has 0 aliphatic heterocycles. The third-order valence-corrected chi connectivity index (χ3v) is 3.11. The molecule has 2 N–H and O–H groups in total. The summed E-state index contributed by atoms with van der Waals surface area (Å²) < 4.78 is 1.05. The quantitative estimate of drug-likeness (QED) is 0.785. The number of hydrogen-bond acceptors (Lipinski definition) is 2. The van der Waals surface area contributed by atoms with E-state index in [2.05, 4.69) is 26.6 Å². The molecule has 0 aliphatic rings. The van der Waals surface area contributed by atoms with Crippen molar-refractivity contribution >= 4 is 34.2 Å². The van der Waals surface area contributed by atoms with Gasteiger partial charge in [-0.15, -0.1) is 12.4 Å². The minimum absolute atomic E-state index is 0. The first kappa shape index (κ1) is 17.4. The van der Waals surface area contributed by atoms with Crippen LogP contribution in [0.1, 0.15) is 31.4 Å². The molecular weight excluding hydrogens is 316 g/mol. The van der Waals surface area contributed by atoms with E-state index in [4.69, 9.17) is 0 Å². The Labute approximate surface area is 123 Å². The van der Waals surface area contributed by atoms with Gasteiger partial charge in [0.25, 0.3) is 0 Å². The summed E-state index contributed by atoms with van der Waals surface area (Å²) in [7, 11) is 1.89. The molecule has 1 aromatic carbocycles. The summed E-state index contributed by atoms with van der Waals surface area (Å²) in [5.41, 5.74) is 1.12. The number of hydrogen-bond donors (Lipinski definition) is 2. The minimum Gasteiger partial charge on any atom is -0.350 e. The van der Waals surface area contributed by atoms with E-state index < -0.39 is 0 Å². The summed E-state index contributed by atoms with van der Waals surface area (Å²) in [4.78, 5) is 11.6. The van der Waals surface area contributed by atoms with Crippen molar-refractivity contribution in [3.05, 3.63) is 34.3 Å². The molecule has 1 amide bonds. The van der Waals surface area contributed by atoms with Gasteiger partial charge in [0.1, 0.15) is 0 Å². The molecule has 1 unspecified atom stereocenters. The normalized spacial score (nSPS) is 11.5. The zero-order chi connectivity index (χ0) is 12.7. The van der Waals surface area contributed by atoms with Gasteiger partial charge in [-0.3, -0.25) is 4.79 Å². The summed E-state index contributed by atoms with van der Waals surface area (Å²) in [6.07, 6.45) is 1.44. The Hall–Kier alpha value is -0.580. The van der Waals surface area contributed by atoms with Crippen LogP contribution in [0.4, 0.5) is 0 Å². The molecule has 1 rings (SSSR count). The van der Waals surface area contributed by atoms with Crippen LogP contribution in [-0.4, -0.2) is 19.5 Å². The Morgan fingerprint density at radius 1 is 1.33 bits per heavy atom. The van der Waals surface area contributed by atoms with Gasteiger partial charge in [-0.05, 0) is 44.6 Å². The van der Waals surface area contributed by atoms with E-state index in [1.165, 1.54) is 0 Å². The third kappa shape index (κ3) is 6.38. The molecule has 1 aromatic rings. The first-order valence-electron chi connectivity index (χ1n) is 5.83. The lowest BCUT2D eigenvalue weighted by molar-refractivity contribution is -0.121. The van der Waals surface area contributed by atoms with Crippen LogP contribution < -0.4 is 10.6 Å². The van der Waals surface area contributed by atoms with Crippen molar-refractivity contribution in [1.29, 1.82) is 0 Å². The van der Waals surface area contributed by atoms with E-state index in [0.717, 1.165) is 23.0 Å². The zero-order valence-corrected chi connectivity index (χ0v) is 13.1. The highest BCUT2D eigenvalue weighted by Crippen LogP contribution is 2.16. The predicted octanol–water partition coefficient (Wildman–Crippen LogP) is 3.05. The van der Waals surface area contributed by atoms with E-state index >= 15 is 0 Å². The molecule has 102 valence electrons. The van der Waals surface area contributed by atoms with Crippen molar-refractivity contribution in [2.24, 2.45) is 0 Å². The van der Waals surface area contributed by atoms with Crippen LogP contribution in [0.5, 0.6) is 0 Å². The Morgan fingerprint density at radius 3 is 2.50 bits per heavy atom. The highest BCUT2D eigenvalue weighted by atomic mass is 79.9. The predicted molar refractivity (Wildman–Crippen MR) is 81.1 cm³/mol. The maximum absolute atomic E-state index is 11.6. The number of carbonyl (C=O) groups is 1. The van der Waals surface area contributed by atoms with Gasteiger partial charge in [-0.1, -0.05) is 28.1 Å². The van der Waals surface area contributed by atoms with Crippen LogP contribution in [0.2, 0.25) is 0 Å². The standard InChI is InChI=1S/C13H19BrN2O.ClH/c1-10(11-5-7-12(14)8-6-11)16-13(17)4-3-9-15-2;/h5-8,10,15H,3-4,9H2,1-2H3,(H,16,17);1H. The summed E-state index contributed by atoms with van der Waals surface area (Å²) in [6, 6.07) is 8.06. The van der Waals surface area contributed by atoms with Crippen LogP contribution in [-0.2, 0) is 4.79 Å². The van der Waals surface area contributed by atoms with Crippen LogP contribution in [0.15, 0.2) is 28.7 Å². The third-order valence-electron chi connectivity index (χ3n) is 2.58. The monoisotopic (exact) mass is 334 g/mol. The maximum Gasteiger partial charge on any atom is 0.220 e. The summed E-state index contributed by atoms with van der Waals surface area (Å²) >= 11 is 3.39. The molecule has 5 heteroatoms. The lowest BCUT2D eigenvalue weighted by Gasteiger charge is -2.14. The van der Waals surface area contributed by atoms with Crippen molar-refractivity contribution < 1.29 is 4.79 Å². The molecule has 0 fully saturated rings. The Morgan fingerprint density at radius 2 is 1.94 bits per heavy atom. The molecular formula is C13H20BrClN2O. The van der Waals surface area contributed by atoms with Gasteiger partial charge in [-0.25, -0.2) is 0 Å². The number of benzene rings is 1. The van der Waals surface area contributed by atoms with Gasteiger partial charge < -0.3 is 10.6 Å². The average Bonchev–Trinajstić information content (AvgIpc) is 2.30. The second-order valence-corrected chi connectivity index (χ2v) is 4.96. The van der Waals surface area contributed by atoms with Crippen LogP contribution in [0.25, 0.3) is 0 Å². The van der Waals surface area contributed by atoms with Gasteiger partial charge in [0.15, 0.2) is 0 Å². The maximum atomic E-state index is 11.6. The summed E-state index contributed by atoms with van der Waals surface area (Å²) in [5.74, 6) is 0.107. The molecule has 0 bridgehead atoms. The fourth-order valence-corrected chi connectivity index (χ4v) is 1.84. The van der Waals surface area contributed by atoms with Crippen LogP contribution in [0.3, 0.4) is 0 Å². The lowest BCUT2D eigenvalue weighted by atomic mass is 10.1. The topological polar surface area (TPSA) is 41.1 Å². The Kier molecular flexibility index (Phi) is 9.06. The van der Waals surface area contributed by atoms with E-state index in [1.807, 2.05) is 38.2 Å². The van der Waals surface area contributed by atoms with E-state index in [-0.39, 0.29) is 24.4 Å². The number of amides is 1. The minimum atomic E-state index is 0. The molecule has 0 aromatic heterocycles. The van der Waals surface area contributed by atoms with Gasteiger partial charge >= 0.3 is 0 Å².